The van der Waals surface area contributed by atoms with Gasteiger partial charge >= 0.3 is 0 Å². The first-order chi connectivity index (χ1) is 8.27. The van der Waals surface area contributed by atoms with E-state index in [0.717, 1.165) is 12.0 Å². The van der Waals surface area contributed by atoms with Crippen LogP contribution in [0.1, 0.15) is 24.4 Å². The Morgan fingerprint density at radius 1 is 1.35 bits per heavy atom. The van der Waals surface area contributed by atoms with Gasteiger partial charge in [-0.1, -0.05) is 30.3 Å². The maximum Gasteiger partial charge on any atom is 0.219 e. The summed E-state index contributed by atoms with van der Waals surface area (Å²) >= 11 is 0. The lowest BCUT2D eigenvalue weighted by Crippen LogP contribution is -2.26. The van der Waals surface area contributed by atoms with Crippen LogP contribution in [0.25, 0.3) is 0 Å². The van der Waals surface area contributed by atoms with Crippen LogP contribution in [0.2, 0.25) is 0 Å². The minimum absolute atomic E-state index is 0.0482. The molecule has 0 bridgehead atoms. The molecular weight excluding hydrogens is 216 g/mol. The van der Waals surface area contributed by atoms with E-state index in [0.29, 0.717) is 13.0 Å². The largest absolute Gasteiger partial charge is 0.394 e. The fraction of sp³-hybridized carbons (Fsp3) is 0.462. The van der Waals surface area contributed by atoms with E-state index in [-0.39, 0.29) is 18.6 Å². The highest BCUT2D eigenvalue weighted by molar-refractivity contribution is 5.75. The first kappa shape index (κ1) is 13.7. The van der Waals surface area contributed by atoms with E-state index in [1.807, 2.05) is 30.3 Å². The third-order valence-electron chi connectivity index (χ3n) is 2.63. The summed E-state index contributed by atoms with van der Waals surface area (Å²) in [5, 5.41) is 15.1. The van der Waals surface area contributed by atoms with E-state index in [4.69, 9.17) is 0 Å². The zero-order chi connectivity index (χ0) is 12.5. The predicted octanol–water partition coefficient (Wildman–Crippen LogP) is 0.836. The van der Waals surface area contributed by atoms with Crippen molar-refractivity contribution in [2.24, 2.45) is 0 Å². The third-order valence-corrected chi connectivity index (χ3v) is 2.63. The average Bonchev–Trinajstić information content (AvgIpc) is 2.39. The summed E-state index contributed by atoms with van der Waals surface area (Å²) < 4.78 is 0. The Morgan fingerprint density at radius 3 is 2.65 bits per heavy atom. The second-order valence-corrected chi connectivity index (χ2v) is 3.88. The standard InChI is InChI=1S/C13H20N2O2/c1-14-13(17)8-5-9-15-12(10-16)11-6-3-2-4-7-11/h2-4,6-7,12,15-16H,5,8-10H2,1H3,(H,14,17). The van der Waals surface area contributed by atoms with Gasteiger partial charge in [0.05, 0.1) is 12.6 Å². The van der Waals surface area contributed by atoms with Gasteiger partial charge in [0.2, 0.25) is 5.91 Å². The summed E-state index contributed by atoms with van der Waals surface area (Å²) in [6.45, 7) is 0.775. The van der Waals surface area contributed by atoms with E-state index in [1.54, 1.807) is 7.05 Å². The molecule has 17 heavy (non-hydrogen) atoms. The smallest absolute Gasteiger partial charge is 0.219 e. The van der Waals surface area contributed by atoms with E-state index < -0.39 is 0 Å². The highest BCUT2D eigenvalue weighted by atomic mass is 16.3. The summed E-state index contributed by atoms with van der Waals surface area (Å²) in [5.41, 5.74) is 1.06. The van der Waals surface area contributed by atoms with Crippen molar-refractivity contribution in [2.75, 3.05) is 20.2 Å². The molecular formula is C13H20N2O2. The van der Waals surface area contributed by atoms with E-state index in [2.05, 4.69) is 10.6 Å². The number of carbonyl (C=O) groups is 1. The van der Waals surface area contributed by atoms with Crippen LogP contribution in [-0.4, -0.2) is 31.2 Å². The molecule has 0 heterocycles. The number of hydrogen-bond donors (Lipinski definition) is 3. The van der Waals surface area contributed by atoms with Gasteiger partial charge in [-0.25, -0.2) is 0 Å². The van der Waals surface area contributed by atoms with Crippen LogP contribution in [-0.2, 0) is 4.79 Å². The number of rotatable bonds is 7. The van der Waals surface area contributed by atoms with Crippen LogP contribution in [0.4, 0.5) is 0 Å². The maximum atomic E-state index is 11.0. The number of aliphatic hydroxyl groups excluding tert-OH is 1. The molecule has 0 saturated heterocycles. The Hall–Kier alpha value is -1.39. The van der Waals surface area contributed by atoms with Gasteiger partial charge in [0.25, 0.3) is 0 Å². The lowest BCUT2D eigenvalue weighted by atomic mass is 10.1. The predicted molar refractivity (Wildman–Crippen MR) is 67.6 cm³/mol. The maximum absolute atomic E-state index is 11.0. The lowest BCUT2D eigenvalue weighted by Gasteiger charge is -2.16. The molecule has 0 radical (unpaired) electrons. The molecule has 0 aliphatic carbocycles. The SMILES string of the molecule is CNC(=O)CCCNC(CO)c1ccccc1. The van der Waals surface area contributed by atoms with Crippen molar-refractivity contribution in [1.82, 2.24) is 10.6 Å². The van der Waals surface area contributed by atoms with Gasteiger partial charge in [-0.05, 0) is 18.5 Å². The van der Waals surface area contributed by atoms with Gasteiger partial charge < -0.3 is 15.7 Å². The summed E-state index contributed by atoms with van der Waals surface area (Å²) in [5.74, 6) is 0.0482. The molecule has 0 fully saturated rings. The first-order valence-corrected chi connectivity index (χ1v) is 5.87. The molecule has 1 amide bonds. The number of carbonyl (C=O) groups excluding carboxylic acids is 1. The van der Waals surface area contributed by atoms with Gasteiger partial charge in [-0.3, -0.25) is 4.79 Å². The molecule has 0 spiro atoms. The van der Waals surface area contributed by atoms with Crippen molar-refractivity contribution in [3.63, 3.8) is 0 Å². The molecule has 0 aliphatic heterocycles. The summed E-state index contributed by atoms with van der Waals surface area (Å²) in [6.07, 6.45) is 1.28. The Labute approximate surface area is 102 Å². The molecule has 0 aromatic heterocycles. The summed E-state index contributed by atoms with van der Waals surface area (Å²) in [4.78, 5) is 11.0. The molecule has 0 saturated carbocycles. The summed E-state index contributed by atoms with van der Waals surface area (Å²) in [6, 6.07) is 9.75. The molecule has 4 heteroatoms. The zero-order valence-corrected chi connectivity index (χ0v) is 10.1. The monoisotopic (exact) mass is 236 g/mol. The molecule has 1 aromatic carbocycles. The summed E-state index contributed by atoms with van der Waals surface area (Å²) in [7, 11) is 1.64. The van der Waals surface area contributed by atoms with Gasteiger partial charge in [0, 0.05) is 13.5 Å². The average molecular weight is 236 g/mol. The van der Waals surface area contributed by atoms with Crippen LogP contribution < -0.4 is 10.6 Å². The molecule has 1 aromatic rings. The number of benzene rings is 1. The molecule has 0 aliphatic rings. The van der Waals surface area contributed by atoms with Crippen LogP contribution in [0.3, 0.4) is 0 Å². The molecule has 1 rings (SSSR count). The van der Waals surface area contributed by atoms with E-state index >= 15 is 0 Å². The Morgan fingerprint density at radius 2 is 2.06 bits per heavy atom. The van der Waals surface area contributed by atoms with Crippen molar-refractivity contribution in [3.05, 3.63) is 35.9 Å². The minimum Gasteiger partial charge on any atom is -0.394 e. The van der Waals surface area contributed by atoms with Gasteiger partial charge in [-0.15, -0.1) is 0 Å². The second kappa shape index (κ2) is 7.81. The quantitative estimate of drug-likeness (QED) is 0.615. The fourth-order valence-corrected chi connectivity index (χ4v) is 1.62. The molecule has 1 atom stereocenters. The van der Waals surface area contributed by atoms with Crippen LogP contribution >= 0.6 is 0 Å². The molecule has 3 N–H and O–H groups in total. The number of hydrogen-bond acceptors (Lipinski definition) is 3. The topological polar surface area (TPSA) is 61.4 Å². The third kappa shape index (κ3) is 4.97. The van der Waals surface area contributed by atoms with E-state index in [9.17, 15) is 9.90 Å². The van der Waals surface area contributed by atoms with E-state index in [1.165, 1.54) is 0 Å². The van der Waals surface area contributed by atoms with Crippen LogP contribution in [0.15, 0.2) is 30.3 Å². The van der Waals surface area contributed by atoms with Gasteiger partial charge in [0.1, 0.15) is 0 Å². The van der Waals surface area contributed by atoms with Gasteiger partial charge in [0.15, 0.2) is 0 Å². The first-order valence-electron chi connectivity index (χ1n) is 5.87. The Bertz CT molecular complexity index is 327. The minimum atomic E-state index is -0.0547. The van der Waals surface area contributed by atoms with Gasteiger partial charge in [-0.2, -0.15) is 0 Å². The Balaban J connectivity index is 2.31. The van der Waals surface area contributed by atoms with Crippen LogP contribution in [0.5, 0.6) is 0 Å². The van der Waals surface area contributed by atoms with Crippen molar-refractivity contribution in [2.45, 2.75) is 18.9 Å². The molecule has 1 unspecified atom stereocenters. The normalized spacial score (nSPS) is 12.1. The van der Waals surface area contributed by atoms with Crippen molar-refractivity contribution in [1.29, 1.82) is 0 Å². The number of amides is 1. The van der Waals surface area contributed by atoms with Crippen LogP contribution in [0, 0.1) is 0 Å². The number of nitrogens with one attached hydrogen (secondary N) is 2. The van der Waals surface area contributed by atoms with Crippen molar-refractivity contribution < 1.29 is 9.90 Å². The van der Waals surface area contributed by atoms with Crippen molar-refractivity contribution in [3.8, 4) is 0 Å². The van der Waals surface area contributed by atoms with Crippen molar-refractivity contribution >= 4 is 5.91 Å². The molecule has 4 nitrogen and oxygen atoms in total. The molecule has 94 valence electrons. The zero-order valence-electron chi connectivity index (χ0n) is 10.1. The fourth-order valence-electron chi connectivity index (χ4n) is 1.62. The highest BCUT2D eigenvalue weighted by Gasteiger charge is 2.08. The highest BCUT2D eigenvalue weighted by Crippen LogP contribution is 2.11. The number of aliphatic hydroxyl groups is 1. The Kier molecular flexibility index (Phi) is 6.29. The lowest BCUT2D eigenvalue weighted by molar-refractivity contribution is -0.120. The second-order valence-electron chi connectivity index (χ2n) is 3.88.